The summed E-state index contributed by atoms with van der Waals surface area (Å²) in [5.74, 6) is 7.19. The standard InChI is InChI=1S/C63H101NO6/c1-40(2)14-11-16-42(5)50-22-24-52-48-20-18-44-38-46(26-31-60(44,7)54(48)28-33-62(50,52)9)68-58(66)57(70-56(65)30-37-64-35-13-36-64)59(67)69-47-27-32-61(8)45(39-47)19-21-49-53-25-23-51(43(6)17-12-15-41(3)4)63(53,10)34-29-55(49)61/h18-19,40-43,46-55,57H,11-17,20-39H2,1-10H3/t42-,43-,46+,47+,48+,49+,50-,51-,52+,53+,54+,55+,60+,61+,62-,63-/m1/s1. The van der Waals surface area contributed by atoms with Crippen LogP contribution in [0.1, 0.15) is 223 Å². The van der Waals surface area contributed by atoms with Gasteiger partial charge in [-0.05, 0) is 202 Å². The third-order valence-electron chi connectivity index (χ3n) is 23.3. The van der Waals surface area contributed by atoms with Crippen LogP contribution in [0.3, 0.4) is 0 Å². The van der Waals surface area contributed by atoms with E-state index >= 15 is 0 Å². The van der Waals surface area contributed by atoms with Crippen molar-refractivity contribution in [1.29, 1.82) is 0 Å². The zero-order valence-electron chi connectivity index (χ0n) is 46.3. The molecule has 7 nitrogen and oxygen atoms in total. The molecular formula is C63H101NO6. The van der Waals surface area contributed by atoms with Gasteiger partial charge in [0.15, 0.2) is 0 Å². The molecule has 7 heteroatoms. The van der Waals surface area contributed by atoms with Crippen molar-refractivity contribution in [2.75, 3.05) is 19.6 Å². The third kappa shape index (κ3) is 10.2. The van der Waals surface area contributed by atoms with Crippen LogP contribution in [0, 0.1) is 92.7 Å². The fraction of sp³-hybridized carbons (Fsp3) is 0.889. The first-order valence-corrected chi connectivity index (χ1v) is 30.1. The molecule has 0 bridgehead atoms. The van der Waals surface area contributed by atoms with Crippen molar-refractivity contribution in [3.63, 3.8) is 0 Å². The van der Waals surface area contributed by atoms with Gasteiger partial charge in [0.05, 0.1) is 6.42 Å². The molecule has 1 saturated heterocycles. The lowest BCUT2D eigenvalue weighted by molar-refractivity contribution is -0.187. The summed E-state index contributed by atoms with van der Waals surface area (Å²) in [6.07, 6.45) is 30.1. The van der Waals surface area contributed by atoms with Crippen LogP contribution in [0.4, 0.5) is 0 Å². The molecule has 1 aliphatic heterocycles. The Bertz CT molecular complexity index is 1810. The number of ether oxygens (including phenoxy) is 3. The van der Waals surface area contributed by atoms with E-state index in [1.54, 1.807) is 0 Å². The Labute approximate surface area is 427 Å². The zero-order chi connectivity index (χ0) is 49.8. The summed E-state index contributed by atoms with van der Waals surface area (Å²) < 4.78 is 18.4. The highest BCUT2D eigenvalue weighted by Crippen LogP contribution is 2.69. The number of nitrogens with zero attached hydrogens (tertiary/aromatic N) is 1. The van der Waals surface area contributed by atoms with E-state index in [0.717, 1.165) is 117 Å². The molecule has 0 radical (unpaired) electrons. The average Bonchev–Trinajstić information content (AvgIpc) is 3.84. The van der Waals surface area contributed by atoms with Crippen molar-refractivity contribution in [1.82, 2.24) is 4.90 Å². The Morgan fingerprint density at radius 1 is 0.586 bits per heavy atom. The predicted molar refractivity (Wildman–Crippen MR) is 281 cm³/mol. The Morgan fingerprint density at radius 3 is 1.46 bits per heavy atom. The second-order valence-corrected chi connectivity index (χ2v) is 28.0. The number of allylic oxidation sites excluding steroid dienone is 2. The Kier molecular flexibility index (Phi) is 16.0. The number of hydrogen-bond donors (Lipinski definition) is 0. The molecule has 1 heterocycles. The van der Waals surface area contributed by atoms with Gasteiger partial charge in [-0.1, -0.05) is 131 Å². The van der Waals surface area contributed by atoms with Gasteiger partial charge in [0.25, 0.3) is 6.10 Å². The van der Waals surface area contributed by atoms with Crippen LogP contribution in [0.15, 0.2) is 23.3 Å². The average molecular weight is 969 g/mol. The monoisotopic (exact) mass is 968 g/mol. The quantitative estimate of drug-likeness (QED) is 0.0586. The first-order chi connectivity index (χ1) is 33.3. The van der Waals surface area contributed by atoms with Gasteiger partial charge in [-0.15, -0.1) is 0 Å². The normalized spacial score (nSPS) is 41.3. The number of esters is 3. The van der Waals surface area contributed by atoms with Gasteiger partial charge in [0, 0.05) is 19.4 Å². The second kappa shape index (κ2) is 21.2. The highest BCUT2D eigenvalue weighted by atomic mass is 16.6. The lowest BCUT2D eigenvalue weighted by Crippen LogP contribution is -2.51. The second-order valence-electron chi connectivity index (χ2n) is 28.0. The minimum atomic E-state index is -1.70. The minimum Gasteiger partial charge on any atom is -0.459 e. The van der Waals surface area contributed by atoms with E-state index in [4.69, 9.17) is 14.2 Å². The summed E-state index contributed by atoms with van der Waals surface area (Å²) in [4.78, 5) is 44.2. The fourth-order valence-corrected chi connectivity index (χ4v) is 19.2. The molecule has 70 heavy (non-hydrogen) atoms. The number of fused-ring (bicyclic) bond motifs is 10. The maximum atomic E-state index is 14.3. The summed E-state index contributed by atoms with van der Waals surface area (Å²) >= 11 is 0. The van der Waals surface area contributed by atoms with Crippen LogP contribution in [0.5, 0.6) is 0 Å². The Hall–Kier alpha value is -2.15. The maximum Gasteiger partial charge on any atom is 0.359 e. The van der Waals surface area contributed by atoms with Gasteiger partial charge in [0.2, 0.25) is 0 Å². The van der Waals surface area contributed by atoms with Gasteiger partial charge in [0.1, 0.15) is 12.2 Å². The highest BCUT2D eigenvalue weighted by molar-refractivity contribution is 6.00. The molecular weight excluding hydrogens is 867 g/mol. The topological polar surface area (TPSA) is 82.1 Å². The molecule has 0 aromatic rings. The van der Waals surface area contributed by atoms with E-state index in [9.17, 15) is 14.4 Å². The third-order valence-corrected chi connectivity index (χ3v) is 23.3. The molecule has 7 fully saturated rings. The Balaban J connectivity index is 0.827. The van der Waals surface area contributed by atoms with Crippen LogP contribution in [-0.2, 0) is 28.6 Å². The van der Waals surface area contributed by atoms with Crippen LogP contribution in [0.2, 0.25) is 0 Å². The predicted octanol–water partition coefficient (Wildman–Crippen LogP) is 14.9. The number of carbonyl (C=O) groups excluding carboxylic acids is 3. The lowest BCUT2D eigenvalue weighted by Gasteiger charge is -2.58. The van der Waals surface area contributed by atoms with Crippen molar-refractivity contribution in [2.45, 2.75) is 242 Å². The number of carbonyl (C=O) groups is 3. The van der Waals surface area contributed by atoms with Gasteiger partial charge in [-0.2, -0.15) is 0 Å². The fourth-order valence-electron chi connectivity index (χ4n) is 19.2. The van der Waals surface area contributed by atoms with Crippen molar-refractivity contribution < 1.29 is 28.6 Å². The van der Waals surface area contributed by atoms with Crippen LogP contribution in [0.25, 0.3) is 0 Å². The van der Waals surface area contributed by atoms with Crippen LogP contribution in [-0.4, -0.2) is 60.8 Å². The molecule has 16 atom stereocenters. The summed E-state index contributed by atoms with van der Waals surface area (Å²) in [5, 5.41) is 0. The molecule has 6 saturated carbocycles. The highest BCUT2D eigenvalue weighted by Gasteiger charge is 2.61. The minimum absolute atomic E-state index is 0.112. The maximum absolute atomic E-state index is 14.3. The summed E-state index contributed by atoms with van der Waals surface area (Å²) in [7, 11) is 0. The van der Waals surface area contributed by atoms with Gasteiger partial charge >= 0.3 is 17.9 Å². The molecule has 0 aromatic heterocycles. The van der Waals surface area contributed by atoms with Crippen molar-refractivity contribution >= 4 is 17.9 Å². The number of hydrogen-bond acceptors (Lipinski definition) is 7. The first-order valence-electron chi connectivity index (χ1n) is 30.1. The van der Waals surface area contributed by atoms with E-state index in [1.165, 1.54) is 101 Å². The number of likely N-dealkylation sites (tertiary alicyclic amines) is 1. The van der Waals surface area contributed by atoms with E-state index in [1.807, 2.05) is 0 Å². The first kappa shape index (κ1) is 52.7. The van der Waals surface area contributed by atoms with Gasteiger partial charge < -0.3 is 19.1 Å². The largest absolute Gasteiger partial charge is 0.459 e. The van der Waals surface area contributed by atoms with Crippen molar-refractivity contribution in [3.8, 4) is 0 Å². The van der Waals surface area contributed by atoms with Crippen LogP contribution >= 0.6 is 0 Å². The molecule has 0 spiro atoms. The molecule has 0 N–H and O–H groups in total. The summed E-state index contributed by atoms with van der Waals surface area (Å²) in [6, 6.07) is 0. The number of rotatable bonds is 18. The van der Waals surface area contributed by atoms with Gasteiger partial charge in [-0.3, -0.25) is 4.79 Å². The Morgan fingerprint density at radius 2 is 1.04 bits per heavy atom. The van der Waals surface area contributed by atoms with E-state index in [0.29, 0.717) is 42.1 Å². The zero-order valence-corrected chi connectivity index (χ0v) is 46.3. The van der Waals surface area contributed by atoms with E-state index in [-0.39, 0.29) is 29.5 Å². The smallest absolute Gasteiger partial charge is 0.359 e. The van der Waals surface area contributed by atoms with Crippen molar-refractivity contribution in [2.24, 2.45) is 92.7 Å². The molecule has 0 aromatic carbocycles. The molecule has 9 rings (SSSR count). The molecule has 8 aliphatic carbocycles. The summed E-state index contributed by atoms with van der Waals surface area (Å²) in [5.41, 5.74) is 4.00. The van der Waals surface area contributed by atoms with E-state index < -0.39 is 24.0 Å². The molecule has 0 amide bonds. The van der Waals surface area contributed by atoms with Crippen molar-refractivity contribution in [3.05, 3.63) is 23.3 Å². The van der Waals surface area contributed by atoms with Crippen LogP contribution < -0.4 is 0 Å². The molecule has 9 aliphatic rings. The molecule has 0 unspecified atom stereocenters. The SMILES string of the molecule is CC(C)CCC[C@@H](C)[C@H]1CC[C@H]2[C@@H]3CC=C4C[C@@H](OC(=O)C(OC(=O)CCN5CCC5)C(=O)O[C@H]5CC[C@@]6(C)C(=CC[C@H]7[C@@H]8CC[C@H]([C@H](C)CCCC(C)C)[C@@]8(C)CC[C@@H]76)C5)CC[C@]4(C)[C@H]3CC[C@]12C. The summed E-state index contributed by atoms with van der Waals surface area (Å²) in [6.45, 7) is 27.4. The molecule has 394 valence electrons. The van der Waals surface area contributed by atoms with E-state index in [2.05, 4.69) is 86.3 Å². The lowest BCUT2D eigenvalue weighted by atomic mass is 9.47. The van der Waals surface area contributed by atoms with Gasteiger partial charge in [-0.25, -0.2) is 9.59 Å².